The van der Waals surface area contributed by atoms with E-state index in [0.29, 0.717) is 42.2 Å². The van der Waals surface area contributed by atoms with Crippen LogP contribution in [0, 0.1) is 0 Å². The van der Waals surface area contributed by atoms with Crippen molar-refractivity contribution in [2.45, 2.75) is 63.9 Å². The predicted octanol–water partition coefficient (Wildman–Crippen LogP) is 3.68. The second kappa shape index (κ2) is 12.2. The van der Waals surface area contributed by atoms with Crippen molar-refractivity contribution in [2.24, 2.45) is 0 Å². The number of likely N-dealkylation sites (tertiary alicyclic amines) is 1. The molecule has 0 saturated carbocycles. The topological polar surface area (TPSA) is 73.7 Å². The molecule has 1 aromatic carbocycles. The van der Waals surface area contributed by atoms with E-state index < -0.39 is 0 Å². The maximum Gasteiger partial charge on any atom is 0.262 e. The van der Waals surface area contributed by atoms with Crippen molar-refractivity contribution in [3.8, 4) is 0 Å². The molecule has 3 rings (SSSR count). The Hall–Kier alpha value is -1.90. The van der Waals surface area contributed by atoms with Gasteiger partial charge in [0.25, 0.3) is 5.56 Å². The monoisotopic (exact) mass is 447 g/mol. The number of nitrogens with zero attached hydrogens (tertiary/aromatic N) is 3. The molecule has 7 nitrogen and oxygen atoms in total. The summed E-state index contributed by atoms with van der Waals surface area (Å²) in [7, 11) is 0. The minimum absolute atomic E-state index is 0.0953. The molecule has 0 radical (unpaired) electrons. The third kappa shape index (κ3) is 6.54. The molecule has 0 aliphatic carbocycles. The van der Waals surface area contributed by atoms with E-state index in [1.807, 2.05) is 36.9 Å². The molecular formula is C23H33N3O4S. The van der Waals surface area contributed by atoms with E-state index in [1.165, 1.54) is 24.6 Å². The number of benzene rings is 1. The number of ether oxygens (including phenoxy) is 2. The third-order valence-electron chi connectivity index (χ3n) is 5.40. The quantitative estimate of drug-likeness (QED) is 0.314. The molecule has 1 amide bonds. The zero-order valence-electron chi connectivity index (χ0n) is 18.5. The largest absolute Gasteiger partial charge is 0.353 e. The number of hydrogen-bond acceptors (Lipinski definition) is 6. The summed E-state index contributed by atoms with van der Waals surface area (Å²) < 4.78 is 12.9. The molecule has 1 aliphatic rings. The number of para-hydroxylation sites is 1. The molecule has 1 fully saturated rings. The van der Waals surface area contributed by atoms with Gasteiger partial charge in [-0.25, -0.2) is 4.98 Å². The van der Waals surface area contributed by atoms with Gasteiger partial charge in [0.15, 0.2) is 11.4 Å². The van der Waals surface area contributed by atoms with Crippen LogP contribution in [0.2, 0.25) is 0 Å². The number of hydrogen-bond donors (Lipinski definition) is 0. The van der Waals surface area contributed by atoms with Gasteiger partial charge in [-0.15, -0.1) is 0 Å². The molecule has 0 N–H and O–H groups in total. The van der Waals surface area contributed by atoms with Crippen LogP contribution < -0.4 is 5.56 Å². The van der Waals surface area contributed by atoms with Crippen LogP contribution in [0.1, 0.15) is 46.0 Å². The number of fused-ring (bicyclic) bond motifs is 1. The van der Waals surface area contributed by atoms with Crippen molar-refractivity contribution in [3.63, 3.8) is 0 Å². The van der Waals surface area contributed by atoms with Crippen molar-refractivity contribution in [1.29, 1.82) is 0 Å². The highest BCUT2D eigenvalue weighted by atomic mass is 32.2. The molecule has 0 unspecified atom stereocenters. The zero-order chi connectivity index (χ0) is 22.1. The fourth-order valence-corrected chi connectivity index (χ4v) is 4.74. The van der Waals surface area contributed by atoms with Gasteiger partial charge in [0, 0.05) is 39.3 Å². The van der Waals surface area contributed by atoms with E-state index in [1.54, 1.807) is 10.6 Å². The third-order valence-corrected chi connectivity index (χ3v) is 6.36. The molecule has 0 bridgehead atoms. The molecule has 2 aromatic rings. The summed E-state index contributed by atoms with van der Waals surface area (Å²) in [6.07, 6.45) is 4.66. The van der Waals surface area contributed by atoms with Crippen LogP contribution in [-0.4, -0.2) is 58.7 Å². The van der Waals surface area contributed by atoms with Crippen LogP contribution in [0.15, 0.2) is 34.2 Å². The highest BCUT2D eigenvalue weighted by Crippen LogP contribution is 2.20. The number of thioether (sulfide) groups is 1. The van der Waals surface area contributed by atoms with Crippen molar-refractivity contribution >= 4 is 28.6 Å². The summed E-state index contributed by atoms with van der Waals surface area (Å²) >= 11 is 1.34. The van der Waals surface area contributed by atoms with Gasteiger partial charge in [-0.2, -0.15) is 0 Å². The molecular weight excluding hydrogens is 414 g/mol. The minimum atomic E-state index is -0.370. The normalized spacial score (nSPS) is 14.9. The number of rotatable bonds is 10. The van der Waals surface area contributed by atoms with Crippen LogP contribution in [0.5, 0.6) is 0 Å². The van der Waals surface area contributed by atoms with Gasteiger partial charge in [0.1, 0.15) is 0 Å². The lowest BCUT2D eigenvalue weighted by atomic mass is 10.2. The molecule has 0 atom stereocenters. The van der Waals surface area contributed by atoms with Gasteiger partial charge in [-0.3, -0.25) is 14.2 Å². The maximum atomic E-state index is 13.2. The van der Waals surface area contributed by atoms with Gasteiger partial charge in [-0.1, -0.05) is 36.7 Å². The van der Waals surface area contributed by atoms with Crippen molar-refractivity contribution < 1.29 is 14.3 Å². The Morgan fingerprint density at radius 2 is 1.77 bits per heavy atom. The average Bonchev–Trinajstić information content (AvgIpc) is 3.07. The Labute approximate surface area is 188 Å². The van der Waals surface area contributed by atoms with E-state index in [0.717, 1.165) is 25.9 Å². The number of carbonyl (C=O) groups excluding carboxylic acids is 1. The Kier molecular flexibility index (Phi) is 9.36. The summed E-state index contributed by atoms with van der Waals surface area (Å²) in [5.74, 6) is 0.396. The van der Waals surface area contributed by atoms with Crippen LogP contribution >= 0.6 is 11.8 Å². The highest BCUT2D eigenvalue weighted by Gasteiger charge is 2.19. The summed E-state index contributed by atoms with van der Waals surface area (Å²) in [5.41, 5.74) is 0.557. The second-order valence-corrected chi connectivity index (χ2v) is 8.52. The van der Waals surface area contributed by atoms with E-state index >= 15 is 0 Å². The number of aromatic nitrogens is 2. The smallest absolute Gasteiger partial charge is 0.262 e. The first-order valence-corrected chi connectivity index (χ1v) is 12.3. The van der Waals surface area contributed by atoms with Crippen LogP contribution in [0.25, 0.3) is 10.9 Å². The summed E-state index contributed by atoms with van der Waals surface area (Å²) in [6, 6.07) is 7.34. The Morgan fingerprint density at radius 1 is 1.10 bits per heavy atom. The van der Waals surface area contributed by atoms with Crippen molar-refractivity contribution in [2.75, 3.05) is 32.1 Å². The van der Waals surface area contributed by atoms with Gasteiger partial charge in [-0.05, 0) is 38.8 Å². The predicted molar refractivity (Wildman–Crippen MR) is 123 cm³/mol. The SMILES string of the molecule is CCOC(CCn1c(SCC(=O)N2CCCCCC2)nc2ccccc2c1=O)OCC. The highest BCUT2D eigenvalue weighted by molar-refractivity contribution is 7.99. The first-order chi connectivity index (χ1) is 15.1. The molecule has 1 saturated heterocycles. The first kappa shape index (κ1) is 23.8. The second-order valence-electron chi connectivity index (χ2n) is 7.58. The molecule has 31 heavy (non-hydrogen) atoms. The fraction of sp³-hybridized carbons (Fsp3) is 0.609. The molecule has 170 valence electrons. The lowest BCUT2D eigenvalue weighted by Gasteiger charge is -2.21. The van der Waals surface area contributed by atoms with Gasteiger partial charge in [0.2, 0.25) is 5.91 Å². The zero-order valence-corrected chi connectivity index (χ0v) is 19.4. The van der Waals surface area contributed by atoms with Crippen molar-refractivity contribution in [1.82, 2.24) is 14.5 Å². The van der Waals surface area contributed by atoms with Crippen LogP contribution in [0.3, 0.4) is 0 Å². The summed E-state index contributed by atoms with van der Waals surface area (Å²) in [5, 5.41) is 1.15. The summed E-state index contributed by atoms with van der Waals surface area (Å²) in [6.45, 7) is 6.99. The van der Waals surface area contributed by atoms with E-state index in [2.05, 4.69) is 0 Å². The lowest BCUT2D eigenvalue weighted by molar-refractivity contribution is -0.141. The molecule has 8 heteroatoms. The molecule has 1 aliphatic heterocycles. The minimum Gasteiger partial charge on any atom is -0.353 e. The van der Waals surface area contributed by atoms with Gasteiger partial charge >= 0.3 is 0 Å². The molecule has 1 aromatic heterocycles. The number of carbonyl (C=O) groups is 1. The van der Waals surface area contributed by atoms with Gasteiger partial charge < -0.3 is 14.4 Å². The van der Waals surface area contributed by atoms with Crippen molar-refractivity contribution in [3.05, 3.63) is 34.6 Å². The Bertz CT molecular complexity index is 903. The average molecular weight is 448 g/mol. The Morgan fingerprint density at radius 3 is 2.45 bits per heavy atom. The van der Waals surface area contributed by atoms with E-state index in [9.17, 15) is 9.59 Å². The Balaban J connectivity index is 1.80. The first-order valence-electron chi connectivity index (χ1n) is 11.3. The van der Waals surface area contributed by atoms with Gasteiger partial charge in [0.05, 0.1) is 16.7 Å². The van der Waals surface area contributed by atoms with Crippen LogP contribution in [-0.2, 0) is 20.8 Å². The number of amides is 1. The summed E-state index contributed by atoms with van der Waals surface area (Å²) in [4.78, 5) is 32.6. The lowest BCUT2D eigenvalue weighted by Crippen LogP contribution is -2.33. The standard InChI is InChI=1S/C23H33N3O4S/c1-3-29-21(30-4-2)13-16-26-22(28)18-11-7-8-12-19(18)24-23(26)31-17-20(27)25-14-9-5-6-10-15-25/h7-8,11-12,21H,3-6,9-10,13-17H2,1-2H3. The molecule has 2 heterocycles. The van der Waals surface area contributed by atoms with Crippen LogP contribution in [0.4, 0.5) is 0 Å². The van der Waals surface area contributed by atoms with E-state index in [-0.39, 0.29) is 23.5 Å². The molecule has 0 spiro atoms. The van der Waals surface area contributed by atoms with E-state index in [4.69, 9.17) is 14.5 Å². The fourth-order valence-electron chi connectivity index (χ4n) is 3.81. The maximum absolute atomic E-state index is 13.2.